The molecule has 0 atom stereocenters. The molecule has 2 heterocycles. The average Bonchev–Trinajstić information content (AvgIpc) is 2.88. The van der Waals surface area contributed by atoms with E-state index < -0.39 is 0 Å². The van der Waals surface area contributed by atoms with Gasteiger partial charge in [0.1, 0.15) is 12.0 Å². The second kappa shape index (κ2) is 3.99. The van der Waals surface area contributed by atoms with Crippen molar-refractivity contribution in [3.63, 3.8) is 0 Å². The van der Waals surface area contributed by atoms with Crippen molar-refractivity contribution in [3.05, 3.63) is 28.8 Å². The Bertz CT molecular complexity index is 543. The van der Waals surface area contributed by atoms with Crippen LogP contribution in [-0.4, -0.2) is 25.7 Å². The van der Waals surface area contributed by atoms with Crippen LogP contribution in [0.25, 0.3) is 0 Å². The summed E-state index contributed by atoms with van der Waals surface area (Å²) in [5.41, 5.74) is 0.635. The second-order valence-electron chi connectivity index (χ2n) is 3.97. The molecule has 2 N–H and O–H groups in total. The quantitative estimate of drug-likeness (QED) is 0.909. The molecule has 6 nitrogen and oxygen atoms in total. The molecule has 1 saturated carbocycles. The number of nitrogens with one attached hydrogen (secondary N) is 2. The normalized spacial score (nSPS) is 14.9. The van der Waals surface area contributed by atoms with Gasteiger partial charge in [-0.15, -0.1) is 0 Å². The minimum atomic E-state index is -0.181. The number of nitrogens with zero attached hydrogens (tertiary/aromatic N) is 3. The molecule has 0 spiro atoms. The summed E-state index contributed by atoms with van der Waals surface area (Å²) in [6, 6.07) is 2.26. The average molecular weight is 296 g/mol. The van der Waals surface area contributed by atoms with E-state index in [0.717, 1.165) is 17.3 Å². The van der Waals surface area contributed by atoms with Gasteiger partial charge in [0, 0.05) is 16.7 Å². The van der Waals surface area contributed by atoms with Gasteiger partial charge in [0.25, 0.3) is 5.91 Å². The minimum Gasteiger partial charge on any atom is -0.339 e. The summed E-state index contributed by atoms with van der Waals surface area (Å²) in [4.78, 5) is 15.9. The molecule has 2 aromatic heterocycles. The number of aromatic amines is 1. The van der Waals surface area contributed by atoms with Gasteiger partial charge in [-0.05, 0) is 34.8 Å². The fourth-order valence-corrected chi connectivity index (χ4v) is 2.16. The summed E-state index contributed by atoms with van der Waals surface area (Å²) in [7, 11) is 0. The summed E-state index contributed by atoms with van der Waals surface area (Å²) in [6.45, 7) is 0. The molecule has 0 aliphatic heterocycles. The number of rotatable bonds is 3. The van der Waals surface area contributed by atoms with Crippen LogP contribution in [-0.2, 0) is 0 Å². The zero-order chi connectivity index (χ0) is 11.8. The van der Waals surface area contributed by atoms with Crippen molar-refractivity contribution < 1.29 is 4.79 Å². The predicted octanol–water partition coefficient (Wildman–Crippen LogP) is 1.96. The highest BCUT2D eigenvalue weighted by Crippen LogP contribution is 2.37. The first-order valence-electron chi connectivity index (χ1n) is 5.28. The van der Waals surface area contributed by atoms with Gasteiger partial charge < -0.3 is 4.57 Å². The Morgan fingerprint density at radius 2 is 2.41 bits per heavy atom. The highest BCUT2D eigenvalue weighted by atomic mass is 79.9. The predicted molar refractivity (Wildman–Crippen MR) is 64.7 cm³/mol. The third-order valence-electron chi connectivity index (χ3n) is 2.64. The summed E-state index contributed by atoms with van der Waals surface area (Å²) >= 11 is 3.39. The van der Waals surface area contributed by atoms with Crippen LogP contribution in [0.15, 0.2) is 23.1 Å². The van der Waals surface area contributed by atoms with E-state index in [1.807, 2.05) is 16.8 Å². The third kappa shape index (κ3) is 2.10. The van der Waals surface area contributed by atoms with E-state index in [4.69, 9.17) is 0 Å². The lowest BCUT2D eigenvalue weighted by Crippen LogP contribution is -2.17. The van der Waals surface area contributed by atoms with E-state index >= 15 is 0 Å². The van der Waals surface area contributed by atoms with Crippen LogP contribution in [0.3, 0.4) is 0 Å². The molecule has 3 rings (SSSR count). The van der Waals surface area contributed by atoms with Crippen LogP contribution in [0, 0.1) is 0 Å². The maximum Gasteiger partial charge on any atom is 0.274 e. The van der Waals surface area contributed by atoms with Crippen LogP contribution in [0.2, 0.25) is 0 Å². The largest absolute Gasteiger partial charge is 0.339 e. The third-order valence-corrected chi connectivity index (χ3v) is 3.07. The van der Waals surface area contributed by atoms with Crippen LogP contribution >= 0.6 is 15.9 Å². The van der Waals surface area contributed by atoms with Crippen LogP contribution in [0.1, 0.15) is 29.4 Å². The Balaban J connectivity index is 1.85. The van der Waals surface area contributed by atoms with Gasteiger partial charge in [-0.3, -0.25) is 10.1 Å². The van der Waals surface area contributed by atoms with Crippen LogP contribution in [0.5, 0.6) is 0 Å². The number of carbonyl (C=O) groups excluding carboxylic acids is 1. The maximum absolute atomic E-state index is 12.0. The molecule has 17 heavy (non-hydrogen) atoms. The lowest BCUT2D eigenvalue weighted by molar-refractivity contribution is 0.101. The molecule has 7 heteroatoms. The minimum absolute atomic E-state index is 0.181. The van der Waals surface area contributed by atoms with E-state index in [0.29, 0.717) is 17.7 Å². The Morgan fingerprint density at radius 3 is 3.06 bits per heavy atom. The lowest BCUT2D eigenvalue weighted by atomic mass is 10.4. The first kappa shape index (κ1) is 10.5. The number of carbonyl (C=O) groups is 1. The SMILES string of the molecule is O=C(Nc1ncn[nH]1)c1cc(Br)cn1C1CC1. The Morgan fingerprint density at radius 1 is 1.59 bits per heavy atom. The van der Waals surface area contributed by atoms with Gasteiger partial charge >= 0.3 is 0 Å². The Hall–Kier alpha value is -1.63. The summed E-state index contributed by atoms with van der Waals surface area (Å²) in [6.07, 6.45) is 5.55. The molecule has 1 aliphatic carbocycles. The second-order valence-corrected chi connectivity index (χ2v) is 4.89. The first-order chi connectivity index (χ1) is 8.24. The molecule has 0 aromatic carbocycles. The molecule has 1 amide bonds. The Kier molecular flexibility index (Phi) is 2.47. The van der Waals surface area contributed by atoms with E-state index in [1.165, 1.54) is 6.33 Å². The first-order valence-corrected chi connectivity index (χ1v) is 6.07. The number of hydrogen-bond acceptors (Lipinski definition) is 3. The van der Waals surface area contributed by atoms with Gasteiger partial charge in [0.2, 0.25) is 5.95 Å². The fourth-order valence-electron chi connectivity index (χ4n) is 1.72. The highest BCUT2D eigenvalue weighted by molar-refractivity contribution is 9.10. The maximum atomic E-state index is 12.0. The molecular weight excluding hydrogens is 286 g/mol. The molecule has 0 radical (unpaired) electrons. The van der Waals surface area contributed by atoms with Gasteiger partial charge in [-0.1, -0.05) is 0 Å². The monoisotopic (exact) mass is 295 g/mol. The summed E-state index contributed by atoms with van der Waals surface area (Å²) in [5, 5.41) is 8.94. The smallest absolute Gasteiger partial charge is 0.274 e. The molecule has 88 valence electrons. The van der Waals surface area contributed by atoms with Crippen molar-refractivity contribution >= 4 is 27.8 Å². The van der Waals surface area contributed by atoms with E-state index in [-0.39, 0.29) is 5.91 Å². The number of aromatic nitrogens is 4. The number of amides is 1. The molecular formula is C10H10BrN5O. The summed E-state index contributed by atoms with van der Waals surface area (Å²) in [5.74, 6) is 0.175. The molecule has 0 bridgehead atoms. The van der Waals surface area contributed by atoms with Gasteiger partial charge in [0.05, 0.1) is 0 Å². The van der Waals surface area contributed by atoms with Crippen molar-refractivity contribution in [3.8, 4) is 0 Å². The Labute approximate surface area is 106 Å². The number of hydrogen-bond donors (Lipinski definition) is 2. The van der Waals surface area contributed by atoms with Crippen molar-refractivity contribution in [1.29, 1.82) is 0 Å². The molecule has 1 aliphatic rings. The number of anilines is 1. The van der Waals surface area contributed by atoms with Crippen molar-refractivity contribution in [2.45, 2.75) is 18.9 Å². The number of halogens is 1. The van der Waals surface area contributed by atoms with Crippen molar-refractivity contribution in [1.82, 2.24) is 19.7 Å². The van der Waals surface area contributed by atoms with Crippen molar-refractivity contribution in [2.24, 2.45) is 0 Å². The van der Waals surface area contributed by atoms with Crippen molar-refractivity contribution in [2.75, 3.05) is 5.32 Å². The zero-order valence-electron chi connectivity index (χ0n) is 8.85. The summed E-state index contributed by atoms with van der Waals surface area (Å²) < 4.78 is 2.91. The zero-order valence-corrected chi connectivity index (χ0v) is 10.4. The van der Waals surface area contributed by atoms with E-state index in [2.05, 4.69) is 36.4 Å². The molecule has 2 aromatic rings. The standard InChI is InChI=1S/C10H10BrN5O/c11-6-3-8(16(4-6)7-1-2-7)9(17)14-10-12-5-13-15-10/h3-5,7H,1-2H2,(H2,12,13,14,15,17). The van der Waals surface area contributed by atoms with Crippen LogP contribution < -0.4 is 5.32 Å². The fraction of sp³-hybridized carbons (Fsp3) is 0.300. The van der Waals surface area contributed by atoms with Crippen LogP contribution in [0.4, 0.5) is 5.95 Å². The van der Waals surface area contributed by atoms with E-state index in [1.54, 1.807) is 0 Å². The lowest BCUT2D eigenvalue weighted by Gasteiger charge is -2.06. The highest BCUT2D eigenvalue weighted by Gasteiger charge is 2.27. The van der Waals surface area contributed by atoms with Gasteiger partial charge in [-0.25, -0.2) is 5.10 Å². The molecule has 1 fully saturated rings. The van der Waals surface area contributed by atoms with E-state index in [9.17, 15) is 4.79 Å². The van der Waals surface area contributed by atoms with Gasteiger partial charge in [-0.2, -0.15) is 10.1 Å². The number of H-pyrrole nitrogens is 1. The van der Waals surface area contributed by atoms with Gasteiger partial charge in [0.15, 0.2) is 0 Å². The molecule has 0 saturated heterocycles. The molecule has 0 unspecified atom stereocenters. The topological polar surface area (TPSA) is 75.6 Å².